The molecule has 0 bridgehead atoms. The molecule has 0 aliphatic carbocycles. The highest BCUT2D eigenvalue weighted by Crippen LogP contribution is 2.28. The number of amides is 1. The van der Waals surface area contributed by atoms with Crippen molar-refractivity contribution in [1.29, 1.82) is 0 Å². The maximum atomic E-state index is 12.6. The quantitative estimate of drug-likeness (QED) is 0.469. The number of carbonyl (C=O) groups excluding carboxylic acids is 1. The van der Waals surface area contributed by atoms with E-state index in [9.17, 15) is 14.9 Å². The van der Waals surface area contributed by atoms with Crippen LogP contribution in [-0.4, -0.2) is 37.1 Å². The molecule has 0 unspecified atom stereocenters. The van der Waals surface area contributed by atoms with Crippen molar-refractivity contribution in [1.82, 2.24) is 5.32 Å². The van der Waals surface area contributed by atoms with Gasteiger partial charge < -0.3 is 15.0 Å². The molecule has 7 heteroatoms. The van der Waals surface area contributed by atoms with Crippen LogP contribution in [0.15, 0.2) is 48.5 Å². The number of carbonyl (C=O) groups is 1. The Morgan fingerprint density at radius 2 is 1.88 bits per heavy atom. The second-order valence-corrected chi connectivity index (χ2v) is 6.07. The Morgan fingerprint density at radius 1 is 1.15 bits per heavy atom. The van der Waals surface area contributed by atoms with E-state index in [1.165, 1.54) is 12.1 Å². The minimum atomic E-state index is -0.483. The van der Waals surface area contributed by atoms with Crippen LogP contribution in [0.5, 0.6) is 5.75 Å². The zero-order chi connectivity index (χ0) is 18.4. The number of hydrogen-bond acceptors (Lipinski definition) is 5. The van der Waals surface area contributed by atoms with E-state index in [1.807, 2.05) is 30.3 Å². The molecule has 1 aliphatic heterocycles. The summed E-state index contributed by atoms with van der Waals surface area (Å²) in [5.41, 5.74) is 0.994. The highest BCUT2D eigenvalue weighted by atomic mass is 16.6. The lowest BCUT2D eigenvalue weighted by Gasteiger charge is -2.20. The fourth-order valence-electron chi connectivity index (χ4n) is 3.00. The summed E-state index contributed by atoms with van der Waals surface area (Å²) in [6.07, 6.45) is 2.12. The van der Waals surface area contributed by atoms with Gasteiger partial charge in [-0.2, -0.15) is 0 Å². The van der Waals surface area contributed by atoms with E-state index in [2.05, 4.69) is 10.2 Å². The maximum Gasteiger partial charge on any atom is 0.270 e. The lowest BCUT2D eigenvalue weighted by atomic mass is 10.1. The Bertz CT molecular complexity index is 774. The normalized spacial score (nSPS) is 13.5. The van der Waals surface area contributed by atoms with Gasteiger partial charge in [-0.3, -0.25) is 14.9 Å². The number of nitro benzene ring substituents is 1. The van der Waals surface area contributed by atoms with Crippen LogP contribution >= 0.6 is 0 Å². The van der Waals surface area contributed by atoms with Gasteiger partial charge in [-0.1, -0.05) is 18.2 Å². The number of nitro groups is 1. The van der Waals surface area contributed by atoms with E-state index < -0.39 is 4.92 Å². The molecule has 0 aromatic heterocycles. The summed E-state index contributed by atoms with van der Waals surface area (Å²) in [7, 11) is 0. The molecule has 0 radical (unpaired) electrons. The number of anilines is 1. The largest absolute Gasteiger partial charge is 0.492 e. The Labute approximate surface area is 151 Å². The van der Waals surface area contributed by atoms with Crippen LogP contribution in [0, 0.1) is 10.1 Å². The lowest BCUT2D eigenvalue weighted by molar-refractivity contribution is -0.384. The lowest BCUT2D eigenvalue weighted by Crippen LogP contribution is -2.30. The van der Waals surface area contributed by atoms with Crippen LogP contribution in [-0.2, 0) is 0 Å². The molecule has 3 rings (SSSR count). The minimum absolute atomic E-state index is 0.0846. The van der Waals surface area contributed by atoms with E-state index in [0.717, 1.165) is 37.4 Å². The van der Waals surface area contributed by atoms with E-state index in [-0.39, 0.29) is 11.6 Å². The van der Waals surface area contributed by atoms with Gasteiger partial charge in [0.25, 0.3) is 11.6 Å². The van der Waals surface area contributed by atoms with Crippen molar-refractivity contribution in [3.63, 3.8) is 0 Å². The molecule has 2 aromatic rings. The summed E-state index contributed by atoms with van der Waals surface area (Å²) in [6.45, 7) is 2.35. The molecule has 1 heterocycles. The summed E-state index contributed by atoms with van der Waals surface area (Å²) in [4.78, 5) is 25.3. The smallest absolute Gasteiger partial charge is 0.270 e. The highest BCUT2D eigenvalue weighted by Gasteiger charge is 2.22. The molecule has 1 N–H and O–H groups in total. The second-order valence-electron chi connectivity index (χ2n) is 6.07. The van der Waals surface area contributed by atoms with Crippen LogP contribution in [0.25, 0.3) is 0 Å². The molecular weight excluding hydrogens is 334 g/mol. The molecule has 1 saturated heterocycles. The molecule has 26 heavy (non-hydrogen) atoms. The SMILES string of the molecule is O=C(NCCOc1ccccc1)c1cc([N+](=O)[O-])ccc1N1CCCC1. The summed E-state index contributed by atoms with van der Waals surface area (Å²) < 4.78 is 5.55. The molecule has 136 valence electrons. The summed E-state index contributed by atoms with van der Waals surface area (Å²) >= 11 is 0. The standard InChI is InChI=1S/C19H21N3O4/c23-19(20-10-13-26-16-6-2-1-3-7-16)17-14-15(22(24)25)8-9-18(17)21-11-4-5-12-21/h1-3,6-9,14H,4-5,10-13H2,(H,20,23). The first kappa shape index (κ1) is 17.7. The van der Waals surface area contributed by atoms with Crippen molar-refractivity contribution < 1.29 is 14.5 Å². The van der Waals surface area contributed by atoms with Crippen molar-refractivity contribution in [2.75, 3.05) is 31.1 Å². The molecule has 0 atom stereocenters. The van der Waals surface area contributed by atoms with Crippen molar-refractivity contribution in [3.8, 4) is 5.75 Å². The number of non-ortho nitro benzene ring substituents is 1. The molecule has 2 aromatic carbocycles. The number of ether oxygens (including phenoxy) is 1. The Kier molecular flexibility index (Phi) is 5.68. The number of hydrogen-bond donors (Lipinski definition) is 1. The van der Waals surface area contributed by atoms with Gasteiger partial charge in [0.2, 0.25) is 0 Å². The van der Waals surface area contributed by atoms with Gasteiger partial charge in [-0.25, -0.2) is 0 Å². The maximum absolute atomic E-state index is 12.6. The number of benzene rings is 2. The Morgan fingerprint density at radius 3 is 2.58 bits per heavy atom. The fourth-order valence-corrected chi connectivity index (χ4v) is 3.00. The van der Waals surface area contributed by atoms with Gasteiger partial charge >= 0.3 is 0 Å². The topological polar surface area (TPSA) is 84.7 Å². The van der Waals surface area contributed by atoms with Crippen molar-refractivity contribution in [3.05, 3.63) is 64.2 Å². The first-order valence-corrected chi connectivity index (χ1v) is 8.64. The zero-order valence-electron chi connectivity index (χ0n) is 14.4. The average Bonchev–Trinajstić information content (AvgIpc) is 3.20. The third-order valence-electron chi connectivity index (χ3n) is 4.28. The highest BCUT2D eigenvalue weighted by molar-refractivity contribution is 6.00. The van der Waals surface area contributed by atoms with E-state index in [1.54, 1.807) is 6.07 Å². The Balaban J connectivity index is 1.66. The minimum Gasteiger partial charge on any atom is -0.492 e. The van der Waals surface area contributed by atoms with Crippen molar-refractivity contribution in [2.24, 2.45) is 0 Å². The molecule has 7 nitrogen and oxygen atoms in total. The van der Waals surface area contributed by atoms with E-state index >= 15 is 0 Å². The third-order valence-corrected chi connectivity index (χ3v) is 4.28. The van der Waals surface area contributed by atoms with E-state index in [0.29, 0.717) is 18.7 Å². The number of nitrogens with one attached hydrogen (secondary N) is 1. The average molecular weight is 355 g/mol. The Hall–Kier alpha value is -3.09. The molecule has 1 fully saturated rings. The van der Waals surface area contributed by atoms with Gasteiger partial charge in [0, 0.05) is 25.2 Å². The van der Waals surface area contributed by atoms with Gasteiger partial charge in [0.05, 0.1) is 22.7 Å². The van der Waals surface area contributed by atoms with Gasteiger partial charge in [0.1, 0.15) is 12.4 Å². The molecular formula is C19H21N3O4. The molecule has 1 aliphatic rings. The van der Waals surface area contributed by atoms with Gasteiger partial charge in [-0.05, 0) is 31.0 Å². The fraction of sp³-hybridized carbons (Fsp3) is 0.316. The summed E-state index contributed by atoms with van der Waals surface area (Å²) in [6, 6.07) is 13.8. The van der Waals surface area contributed by atoms with Crippen molar-refractivity contribution in [2.45, 2.75) is 12.8 Å². The zero-order valence-corrected chi connectivity index (χ0v) is 14.4. The molecule has 1 amide bonds. The van der Waals surface area contributed by atoms with Gasteiger partial charge in [0.15, 0.2) is 0 Å². The predicted octanol–water partition coefficient (Wildman–Crippen LogP) is 3.00. The van der Waals surface area contributed by atoms with Gasteiger partial charge in [-0.15, -0.1) is 0 Å². The van der Waals surface area contributed by atoms with Crippen LogP contribution in [0.2, 0.25) is 0 Å². The number of para-hydroxylation sites is 1. The first-order chi connectivity index (χ1) is 12.6. The van der Waals surface area contributed by atoms with Crippen LogP contribution in [0.1, 0.15) is 23.2 Å². The predicted molar refractivity (Wildman–Crippen MR) is 98.8 cm³/mol. The number of rotatable bonds is 7. The third kappa shape index (κ3) is 4.30. The second kappa shape index (κ2) is 8.33. The first-order valence-electron chi connectivity index (χ1n) is 8.64. The van der Waals surface area contributed by atoms with Crippen LogP contribution < -0.4 is 15.0 Å². The van der Waals surface area contributed by atoms with Crippen molar-refractivity contribution >= 4 is 17.3 Å². The van der Waals surface area contributed by atoms with E-state index in [4.69, 9.17) is 4.74 Å². The van der Waals surface area contributed by atoms with Crippen LogP contribution in [0.4, 0.5) is 11.4 Å². The molecule has 0 saturated carbocycles. The monoisotopic (exact) mass is 355 g/mol. The summed E-state index contributed by atoms with van der Waals surface area (Å²) in [5.74, 6) is 0.405. The summed E-state index contributed by atoms with van der Waals surface area (Å²) in [5, 5.41) is 13.9. The molecule has 0 spiro atoms. The van der Waals surface area contributed by atoms with Crippen LogP contribution in [0.3, 0.4) is 0 Å². The number of nitrogens with zero attached hydrogens (tertiary/aromatic N) is 2.